The van der Waals surface area contributed by atoms with Crippen molar-refractivity contribution in [2.24, 2.45) is 7.05 Å². The van der Waals surface area contributed by atoms with Gasteiger partial charge >= 0.3 is 0 Å². The van der Waals surface area contributed by atoms with Crippen molar-refractivity contribution < 1.29 is 12.8 Å². The molecule has 2 heterocycles. The van der Waals surface area contributed by atoms with Crippen molar-refractivity contribution in [2.75, 3.05) is 4.72 Å². The molecule has 0 aliphatic rings. The monoisotopic (exact) mass is 333 g/mol. The van der Waals surface area contributed by atoms with Crippen LogP contribution < -0.4 is 4.72 Å². The molecule has 8 heteroatoms. The van der Waals surface area contributed by atoms with E-state index in [9.17, 15) is 8.42 Å². The maximum Gasteiger partial charge on any atom is 0.297 e. The van der Waals surface area contributed by atoms with Crippen LogP contribution >= 0.6 is 15.9 Å². The van der Waals surface area contributed by atoms with Crippen LogP contribution in [0.15, 0.2) is 26.3 Å². The van der Waals surface area contributed by atoms with Crippen LogP contribution in [0.4, 0.5) is 5.82 Å². The number of halogens is 1. The molecule has 2 aromatic rings. The Morgan fingerprint density at radius 1 is 1.44 bits per heavy atom. The third kappa shape index (κ3) is 2.17. The quantitative estimate of drug-likeness (QED) is 0.933. The molecule has 0 unspecified atom stereocenters. The van der Waals surface area contributed by atoms with Crippen molar-refractivity contribution in [3.8, 4) is 0 Å². The highest BCUT2D eigenvalue weighted by atomic mass is 79.9. The predicted molar refractivity (Wildman–Crippen MR) is 69.9 cm³/mol. The van der Waals surface area contributed by atoms with Crippen LogP contribution in [0.5, 0.6) is 0 Å². The molecular weight excluding hydrogens is 322 g/mol. The number of hydrogen-bond acceptors (Lipinski definition) is 4. The second-order valence-corrected chi connectivity index (χ2v) is 6.28. The Kier molecular flexibility index (Phi) is 3.24. The van der Waals surface area contributed by atoms with Gasteiger partial charge in [-0.05, 0) is 35.8 Å². The van der Waals surface area contributed by atoms with Crippen LogP contribution in [0.3, 0.4) is 0 Å². The number of anilines is 1. The molecule has 18 heavy (non-hydrogen) atoms. The van der Waals surface area contributed by atoms with Gasteiger partial charge in [-0.15, -0.1) is 0 Å². The molecule has 0 aliphatic heterocycles. The van der Waals surface area contributed by atoms with E-state index in [-0.39, 0.29) is 5.09 Å². The van der Waals surface area contributed by atoms with Crippen molar-refractivity contribution in [1.82, 2.24) is 9.78 Å². The van der Waals surface area contributed by atoms with Crippen molar-refractivity contribution in [3.63, 3.8) is 0 Å². The summed E-state index contributed by atoms with van der Waals surface area (Å²) in [4.78, 5) is 0. The second kappa shape index (κ2) is 4.43. The molecule has 0 aliphatic carbocycles. The van der Waals surface area contributed by atoms with Crippen molar-refractivity contribution in [2.45, 2.75) is 18.9 Å². The molecule has 98 valence electrons. The maximum absolute atomic E-state index is 12.1. The number of nitrogens with one attached hydrogen (secondary N) is 1. The Morgan fingerprint density at radius 2 is 2.11 bits per heavy atom. The summed E-state index contributed by atoms with van der Waals surface area (Å²) in [5.41, 5.74) is 1.55. The van der Waals surface area contributed by atoms with Gasteiger partial charge in [-0.2, -0.15) is 13.5 Å². The molecule has 0 radical (unpaired) electrons. The van der Waals surface area contributed by atoms with Crippen LogP contribution in [0.25, 0.3) is 0 Å². The zero-order valence-corrected chi connectivity index (χ0v) is 12.5. The topological polar surface area (TPSA) is 77.1 Å². The summed E-state index contributed by atoms with van der Waals surface area (Å²) >= 11 is 3.12. The predicted octanol–water partition coefficient (Wildman–Crippen LogP) is 2.19. The fourth-order valence-electron chi connectivity index (χ4n) is 1.55. The van der Waals surface area contributed by atoms with E-state index >= 15 is 0 Å². The average Bonchev–Trinajstić information content (AvgIpc) is 2.79. The first kappa shape index (κ1) is 13.2. The zero-order chi connectivity index (χ0) is 13.5. The average molecular weight is 334 g/mol. The van der Waals surface area contributed by atoms with Gasteiger partial charge in [0.25, 0.3) is 15.1 Å². The molecule has 0 saturated heterocycles. The number of aryl methyl sites for hydroxylation is 2. The fourth-order valence-corrected chi connectivity index (χ4v) is 3.53. The van der Waals surface area contributed by atoms with Crippen LogP contribution in [-0.2, 0) is 17.1 Å². The number of sulfonamides is 1. The SMILES string of the molecule is Cc1nn(C)c(NS(=O)(=O)c2occc2Br)c1C. The summed E-state index contributed by atoms with van der Waals surface area (Å²) in [6, 6.07) is 1.52. The van der Waals surface area contributed by atoms with Gasteiger partial charge < -0.3 is 4.42 Å². The Labute approximate surface area is 113 Å². The number of hydrogen-bond donors (Lipinski definition) is 1. The lowest BCUT2D eigenvalue weighted by Gasteiger charge is -2.07. The van der Waals surface area contributed by atoms with Crippen molar-refractivity contribution >= 4 is 31.8 Å². The van der Waals surface area contributed by atoms with E-state index in [2.05, 4.69) is 25.8 Å². The minimum atomic E-state index is -3.76. The van der Waals surface area contributed by atoms with Crippen LogP contribution in [0.2, 0.25) is 0 Å². The first-order valence-electron chi connectivity index (χ1n) is 5.09. The van der Waals surface area contributed by atoms with Crippen LogP contribution in [0, 0.1) is 13.8 Å². The molecule has 0 saturated carbocycles. The lowest BCUT2D eigenvalue weighted by molar-refractivity contribution is 0.448. The summed E-state index contributed by atoms with van der Waals surface area (Å²) in [7, 11) is -2.08. The van der Waals surface area contributed by atoms with Crippen LogP contribution in [-0.4, -0.2) is 18.2 Å². The first-order chi connectivity index (χ1) is 8.33. The van der Waals surface area contributed by atoms with E-state index < -0.39 is 10.0 Å². The number of furan rings is 1. The number of rotatable bonds is 3. The zero-order valence-electron chi connectivity index (χ0n) is 10.1. The molecule has 0 bridgehead atoms. The van der Waals surface area contributed by atoms with Gasteiger partial charge in [-0.3, -0.25) is 9.40 Å². The lowest BCUT2D eigenvalue weighted by atomic mass is 10.3. The Balaban J connectivity index is 2.43. The third-order valence-corrected chi connectivity index (χ3v) is 4.73. The molecule has 0 atom stereocenters. The molecule has 0 aromatic carbocycles. The van der Waals surface area contributed by atoms with Gasteiger partial charge in [-0.25, -0.2) is 0 Å². The highest BCUT2D eigenvalue weighted by Crippen LogP contribution is 2.26. The Morgan fingerprint density at radius 3 is 2.56 bits per heavy atom. The van der Waals surface area contributed by atoms with Crippen molar-refractivity contribution in [1.29, 1.82) is 0 Å². The van der Waals surface area contributed by atoms with Gasteiger partial charge in [-0.1, -0.05) is 0 Å². The molecule has 2 rings (SSSR count). The van der Waals surface area contributed by atoms with E-state index in [4.69, 9.17) is 4.42 Å². The summed E-state index contributed by atoms with van der Waals surface area (Å²) in [5, 5.41) is 3.99. The molecular formula is C10H12BrN3O3S. The van der Waals surface area contributed by atoms with Gasteiger partial charge in [0.1, 0.15) is 5.82 Å². The number of nitrogens with zero attached hydrogens (tertiary/aromatic N) is 2. The lowest BCUT2D eigenvalue weighted by Crippen LogP contribution is -2.15. The smallest absolute Gasteiger partial charge is 0.297 e. The normalized spacial score (nSPS) is 11.8. The molecule has 0 fully saturated rings. The molecule has 0 amide bonds. The minimum absolute atomic E-state index is 0.152. The number of aromatic nitrogens is 2. The summed E-state index contributed by atoms with van der Waals surface area (Å²) in [6.45, 7) is 3.62. The van der Waals surface area contributed by atoms with Gasteiger partial charge in [0.2, 0.25) is 0 Å². The summed E-state index contributed by atoms with van der Waals surface area (Å²) in [6.07, 6.45) is 1.31. The van der Waals surface area contributed by atoms with Crippen molar-refractivity contribution in [3.05, 3.63) is 28.1 Å². The van der Waals surface area contributed by atoms with E-state index in [0.29, 0.717) is 10.3 Å². The minimum Gasteiger partial charge on any atom is -0.450 e. The van der Waals surface area contributed by atoms with E-state index in [1.165, 1.54) is 17.0 Å². The first-order valence-corrected chi connectivity index (χ1v) is 7.36. The maximum atomic E-state index is 12.1. The molecule has 6 nitrogen and oxygen atoms in total. The molecule has 1 N–H and O–H groups in total. The summed E-state index contributed by atoms with van der Waals surface area (Å²) < 4.78 is 33.5. The summed E-state index contributed by atoms with van der Waals surface area (Å²) in [5.74, 6) is 0.427. The third-order valence-electron chi connectivity index (χ3n) is 2.58. The standard InChI is InChI=1S/C10H12BrN3O3S/c1-6-7(2)12-14(3)9(6)13-18(15,16)10-8(11)4-5-17-10/h4-5,13H,1-3H3. The largest absolute Gasteiger partial charge is 0.450 e. The highest BCUT2D eigenvalue weighted by molar-refractivity contribution is 9.10. The fraction of sp³-hybridized carbons (Fsp3) is 0.300. The van der Waals surface area contributed by atoms with Gasteiger partial charge in [0, 0.05) is 12.6 Å². The van der Waals surface area contributed by atoms with E-state index in [1.54, 1.807) is 14.0 Å². The molecule has 0 spiro atoms. The highest BCUT2D eigenvalue weighted by Gasteiger charge is 2.24. The van der Waals surface area contributed by atoms with E-state index in [1.807, 2.05) is 6.92 Å². The Bertz CT molecular complexity index is 687. The Hall–Kier alpha value is -1.28. The van der Waals surface area contributed by atoms with Gasteiger partial charge in [0.15, 0.2) is 0 Å². The molecule has 2 aromatic heterocycles. The second-order valence-electron chi connectivity index (χ2n) is 3.84. The van der Waals surface area contributed by atoms with E-state index in [0.717, 1.165) is 11.3 Å². The van der Waals surface area contributed by atoms with Gasteiger partial charge in [0.05, 0.1) is 16.4 Å². The van der Waals surface area contributed by atoms with Crippen LogP contribution in [0.1, 0.15) is 11.3 Å².